The highest BCUT2D eigenvalue weighted by Gasteiger charge is 2.34. The van der Waals surface area contributed by atoms with Gasteiger partial charge in [-0.25, -0.2) is 9.59 Å². The maximum Gasteiger partial charge on any atom is 0.326 e. The third-order valence-corrected chi connectivity index (χ3v) is 3.79. The number of fused-ring (bicyclic) bond motifs is 1. The lowest BCUT2D eigenvalue weighted by molar-refractivity contribution is -0.142. The molecule has 0 bridgehead atoms. The van der Waals surface area contributed by atoms with Crippen molar-refractivity contribution in [2.24, 2.45) is 5.92 Å². The molecule has 5 nitrogen and oxygen atoms in total. The fourth-order valence-corrected chi connectivity index (χ4v) is 2.53. The Morgan fingerprint density at radius 2 is 2.00 bits per heavy atom. The maximum absolute atomic E-state index is 12.3. The van der Waals surface area contributed by atoms with Crippen LogP contribution in [0.5, 0.6) is 0 Å². The minimum absolute atomic E-state index is 0.294. The Morgan fingerprint density at radius 1 is 1.33 bits per heavy atom. The number of amides is 2. The predicted octanol–water partition coefficient (Wildman–Crippen LogP) is 2.25. The molecule has 0 radical (unpaired) electrons. The summed E-state index contributed by atoms with van der Waals surface area (Å²) in [6.45, 7) is 5.09. The summed E-state index contributed by atoms with van der Waals surface area (Å²) in [5.41, 5.74) is 2.03. The van der Waals surface area contributed by atoms with Crippen LogP contribution in [0.1, 0.15) is 31.4 Å². The number of urea groups is 1. The van der Waals surface area contributed by atoms with Crippen LogP contribution in [0, 0.1) is 5.92 Å². The Balaban J connectivity index is 2.09. The smallest absolute Gasteiger partial charge is 0.326 e. The summed E-state index contributed by atoms with van der Waals surface area (Å²) >= 11 is 0. The van der Waals surface area contributed by atoms with E-state index in [9.17, 15) is 14.7 Å². The molecule has 0 aromatic heterocycles. The standard InChI is InChI=1S/C16H22N2O3/c1-11(2)7-8-17-16(21)18-10-13-6-4-3-5-12(13)9-14(18)15(19)20/h3-6,11,14H,7-10H2,1-2H3,(H,17,21)(H,19,20)/t14-/m1/s1. The summed E-state index contributed by atoms with van der Waals surface area (Å²) < 4.78 is 0. The number of carboxylic acids is 1. The van der Waals surface area contributed by atoms with Crippen LogP contribution >= 0.6 is 0 Å². The van der Waals surface area contributed by atoms with Crippen molar-refractivity contribution in [2.45, 2.75) is 39.3 Å². The first kappa shape index (κ1) is 15.4. The van der Waals surface area contributed by atoms with Crippen LogP contribution < -0.4 is 5.32 Å². The zero-order valence-electron chi connectivity index (χ0n) is 12.5. The summed E-state index contributed by atoms with van der Waals surface area (Å²) in [6.07, 6.45) is 1.25. The van der Waals surface area contributed by atoms with Gasteiger partial charge in [-0.2, -0.15) is 0 Å². The quantitative estimate of drug-likeness (QED) is 0.893. The van der Waals surface area contributed by atoms with Crippen molar-refractivity contribution in [3.8, 4) is 0 Å². The largest absolute Gasteiger partial charge is 0.480 e. The summed E-state index contributed by atoms with van der Waals surface area (Å²) in [5.74, 6) is -0.453. The zero-order chi connectivity index (χ0) is 15.4. The highest BCUT2D eigenvalue weighted by molar-refractivity contribution is 5.83. The monoisotopic (exact) mass is 290 g/mol. The Kier molecular flexibility index (Phi) is 4.83. The van der Waals surface area contributed by atoms with E-state index in [1.807, 2.05) is 24.3 Å². The van der Waals surface area contributed by atoms with E-state index in [1.165, 1.54) is 4.90 Å². The number of nitrogens with one attached hydrogen (secondary N) is 1. The van der Waals surface area contributed by atoms with E-state index in [-0.39, 0.29) is 6.03 Å². The maximum atomic E-state index is 12.3. The van der Waals surface area contributed by atoms with Gasteiger partial charge in [-0.15, -0.1) is 0 Å². The number of carboxylic acid groups (broad SMARTS) is 1. The number of nitrogens with zero attached hydrogens (tertiary/aromatic N) is 1. The first-order valence-corrected chi connectivity index (χ1v) is 7.33. The number of aliphatic carboxylic acids is 1. The fourth-order valence-electron chi connectivity index (χ4n) is 2.53. The van der Waals surface area contributed by atoms with Gasteiger partial charge in [-0.3, -0.25) is 0 Å². The average Bonchev–Trinajstić information content (AvgIpc) is 2.45. The molecule has 1 aliphatic heterocycles. The molecule has 1 atom stereocenters. The van der Waals surface area contributed by atoms with E-state index in [0.717, 1.165) is 17.5 Å². The van der Waals surface area contributed by atoms with Gasteiger partial charge in [0.2, 0.25) is 0 Å². The molecule has 1 heterocycles. The van der Waals surface area contributed by atoms with Crippen LogP contribution in [0.3, 0.4) is 0 Å². The average molecular weight is 290 g/mol. The van der Waals surface area contributed by atoms with E-state index in [2.05, 4.69) is 19.2 Å². The number of benzene rings is 1. The van der Waals surface area contributed by atoms with E-state index < -0.39 is 12.0 Å². The summed E-state index contributed by atoms with van der Waals surface area (Å²) in [7, 11) is 0. The van der Waals surface area contributed by atoms with Crippen molar-refractivity contribution in [3.63, 3.8) is 0 Å². The molecular weight excluding hydrogens is 268 g/mol. The van der Waals surface area contributed by atoms with Gasteiger partial charge in [0.1, 0.15) is 6.04 Å². The Hall–Kier alpha value is -2.04. The Bertz CT molecular complexity index is 528. The first-order chi connectivity index (χ1) is 9.99. The van der Waals surface area contributed by atoms with Crippen molar-refractivity contribution in [3.05, 3.63) is 35.4 Å². The summed E-state index contributed by atoms with van der Waals surface area (Å²) in [5, 5.41) is 12.2. The van der Waals surface area contributed by atoms with Gasteiger partial charge in [0, 0.05) is 19.5 Å². The number of carbonyl (C=O) groups excluding carboxylic acids is 1. The highest BCUT2D eigenvalue weighted by Crippen LogP contribution is 2.23. The molecule has 2 rings (SSSR count). The molecule has 2 amide bonds. The lowest BCUT2D eigenvalue weighted by atomic mass is 9.94. The van der Waals surface area contributed by atoms with E-state index >= 15 is 0 Å². The second kappa shape index (κ2) is 6.61. The minimum Gasteiger partial charge on any atom is -0.480 e. The second-order valence-electron chi connectivity index (χ2n) is 5.87. The SMILES string of the molecule is CC(C)CCNC(=O)N1Cc2ccccc2C[C@@H]1C(=O)O. The van der Waals surface area contributed by atoms with E-state index in [0.29, 0.717) is 25.4 Å². The Morgan fingerprint density at radius 3 is 2.62 bits per heavy atom. The zero-order valence-corrected chi connectivity index (χ0v) is 12.5. The molecule has 0 saturated heterocycles. The number of hydrogen-bond acceptors (Lipinski definition) is 2. The molecular formula is C16H22N2O3. The normalized spacial score (nSPS) is 17.5. The van der Waals surface area contributed by atoms with Crippen molar-refractivity contribution in [1.82, 2.24) is 10.2 Å². The van der Waals surface area contributed by atoms with Crippen molar-refractivity contribution in [2.75, 3.05) is 6.54 Å². The van der Waals surface area contributed by atoms with Crippen molar-refractivity contribution in [1.29, 1.82) is 0 Å². The first-order valence-electron chi connectivity index (χ1n) is 7.33. The van der Waals surface area contributed by atoms with E-state index in [4.69, 9.17) is 0 Å². The molecule has 114 valence electrons. The second-order valence-corrected chi connectivity index (χ2v) is 5.87. The molecule has 21 heavy (non-hydrogen) atoms. The Labute approximate surface area is 125 Å². The number of carbonyl (C=O) groups is 2. The third kappa shape index (κ3) is 3.74. The molecule has 0 saturated carbocycles. The van der Waals surface area contributed by atoms with Crippen LogP contribution in [-0.2, 0) is 17.8 Å². The van der Waals surface area contributed by atoms with Crippen LogP contribution in [0.4, 0.5) is 4.79 Å². The van der Waals surface area contributed by atoms with Gasteiger partial charge in [0.15, 0.2) is 0 Å². The summed E-state index contributed by atoms with van der Waals surface area (Å²) in [4.78, 5) is 25.1. The molecule has 0 spiro atoms. The van der Waals surface area contributed by atoms with Crippen LogP contribution in [0.2, 0.25) is 0 Å². The molecule has 5 heteroatoms. The van der Waals surface area contributed by atoms with Crippen molar-refractivity contribution >= 4 is 12.0 Å². The van der Waals surface area contributed by atoms with E-state index in [1.54, 1.807) is 0 Å². The minimum atomic E-state index is -0.955. The van der Waals surface area contributed by atoms with Gasteiger partial charge in [0.25, 0.3) is 0 Å². The van der Waals surface area contributed by atoms with Gasteiger partial charge in [-0.05, 0) is 23.5 Å². The van der Waals surface area contributed by atoms with Crippen LogP contribution in [-0.4, -0.2) is 34.6 Å². The molecule has 1 aromatic carbocycles. The van der Waals surface area contributed by atoms with Gasteiger partial charge in [0.05, 0.1) is 0 Å². The highest BCUT2D eigenvalue weighted by atomic mass is 16.4. The fraction of sp³-hybridized carbons (Fsp3) is 0.500. The topological polar surface area (TPSA) is 69.6 Å². The molecule has 0 fully saturated rings. The van der Waals surface area contributed by atoms with Crippen LogP contribution in [0.15, 0.2) is 24.3 Å². The number of rotatable bonds is 4. The van der Waals surface area contributed by atoms with Gasteiger partial charge in [-0.1, -0.05) is 38.1 Å². The van der Waals surface area contributed by atoms with Crippen molar-refractivity contribution < 1.29 is 14.7 Å². The number of hydrogen-bond donors (Lipinski definition) is 2. The molecule has 0 unspecified atom stereocenters. The van der Waals surface area contributed by atoms with Gasteiger partial charge >= 0.3 is 12.0 Å². The third-order valence-electron chi connectivity index (χ3n) is 3.79. The molecule has 0 aliphatic carbocycles. The summed E-state index contributed by atoms with van der Waals surface area (Å²) in [6, 6.07) is 6.60. The molecule has 1 aromatic rings. The van der Waals surface area contributed by atoms with Crippen LogP contribution in [0.25, 0.3) is 0 Å². The predicted molar refractivity (Wildman–Crippen MR) is 80.0 cm³/mol. The molecule has 2 N–H and O–H groups in total. The molecule has 1 aliphatic rings. The van der Waals surface area contributed by atoms with Gasteiger partial charge < -0.3 is 15.3 Å². The lowest BCUT2D eigenvalue weighted by Crippen LogP contribution is -2.52. The lowest BCUT2D eigenvalue weighted by Gasteiger charge is -2.34.